The molecule has 70 valence electrons. The fourth-order valence-electron chi connectivity index (χ4n) is 1.05. The molecule has 0 aliphatic heterocycles. The number of nitrogens with two attached hydrogens (primary N) is 1. The Bertz CT molecular complexity index is 305. The quantitative estimate of drug-likeness (QED) is 0.774. The Hall–Kier alpha value is -1.22. The molecule has 3 N–H and O–H groups in total. The number of carbonyl (C=O) groups is 1. The zero-order chi connectivity index (χ0) is 9.84. The fourth-order valence-corrected chi connectivity index (χ4v) is 1.30. The van der Waals surface area contributed by atoms with E-state index in [0.29, 0.717) is 11.4 Å². The Morgan fingerprint density at radius 2 is 2.15 bits per heavy atom. The normalized spacial score (nSPS) is 9.92. The van der Waals surface area contributed by atoms with Crippen LogP contribution in [0, 0.1) is 0 Å². The molecule has 0 aliphatic rings. The highest BCUT2D eigenvalue weighted by atomic mass is 35.5. The lowest BCUT2D eigenvalue weighted by Gasteiger charge is -2.01. The third-order valence-corrected chi connectivity index (χ3v) is 1.82. The Morgan fingerprint density at radius 3 is 2.69 bits per heavy atom. The minimum Gasteiger partial charge on any atom is -0.508 e. The van der Waals surface area contributed by atoms with E-state index in [9.17, 15) is 4.79 Å². The number of amides is 1. The van der Waals surface area contributed by atoms with Crippen LogP contribution in [0.25, 0.3) is 0 Å². The summed E-state index contributed by atoms with van der Waals surface area (Å²) < 4.78 is 0. The molecule has 0 fully saturated rings. The molecule has 0 aromatic heterocycles. The third kappa shape index (κ3) is 3.34. The first-order chi connectivity index (χ1) is 6.08. The summed E-state index contributed by atoms with van der Waals surface area (Å²) in [4.78, 5) is 10.5. The maximum Gasteiger partial charge on any atom is 0.217 e. The van der Waals surface area contributed by atoms with Crippen LogP contribution in [0.1, 0.15) is 12.0 Å². The minimum absolute atomic E-state index is 0.104. The second kappa shape index (κ2) is 4.14. The number of aryl methyl sites for hydroxylation is 1. The van der Waals surface area contributed by atoms with Crippen molar-refractivity contribution in [3.05, 3.63) is 28.8 Å². The molecular weight excluding hydrogens is 190 g/mol. The van der Waals surface area contributed by atoms with E-state index in [4.69, 9.17) is 22.4 Å². The van der Waals surface area contributed by atoms with E-state index in [1.165, 1.54) is 6.07 Å². The molecule has 1 aromatic carbocycles. The van der Waals surface area contributed by atoms with Gasteiger partial charge in [-0.25, -0.2) is 0 Å². The summed E-state index contributed by atoms with van der Waals surface area (Å²) >= 11 is 5.69. The molecule has 13 heavy (non-hydrogen) atoms. The highest BCUT2D eigenvalue weighted by Gasteiger charge is 2.00. The van der Waals surface area contributed by atoms with Crippen molar-refractivity contribution in [3.63, 3.8) is 0 Å². The third-order valence-electron chi connectivity index (χ3n) is 1.60. The van der Waals surface area contributed by atoms with Gasteiger partial charge in [-0.1, -0.05) is 11.6 Å². The number of aromatic hydroxyl groups is 1. The number of phenolic OH excluding ortho intramolecular Hbond substituents is 1. The molecule has 0 atom stereocenters. The van der Waals surface area contributed by atoms with Gasteiger partial charge in [-0.2, -0.15) is 0 Å². The van der Waals surface area contributed by atoms with Crippen LogP contribution in [0.4, 0.5) is 0 Å². The van der Waals surface area contributed by atoms with E-state index in [1.54, 1.807) is 12.1 Å². The molecule has 0 unspecified atom stereocenters. The fraction of sp³-hybridized carbons (Fsp3) is 0.222. The molecule has 0 saturated heterocycles. The first-order valence-corrected chi connectivity index (χ1v) is 4.22. The van der Waals surface area contributed by atoms with E-state index in [-0.39, 0.29) is 18.1 Å². The van der Waals surface area contributed by atoms with Crippen LogP contribution in [-0.4, -0.2) is 11.0 Å². The van der Waals surface area contributed by atoms with Crippen LogP contribution < -0.4 is 5.73 Å². The van der Waals surface area contributed by atoms with Crippen LogP contribution in [0.2, 0.25) is 5.02 Å². The van der Waals surface area contributed by atoms with Crippen molar-refractivity contribution in [2.24, 2.45) is 5.73 Å². The number of halogens is 1. The molecule has 1 rings (SSSR count). The minimum atomic E-state index is -0.362. The second-order valence-corrected chi connectivity index (χ2v) is 3.22. The molecule has 0 bridgehead atoms. The number of primary amides is 1. The number of hydrogen-bond donors (Lipinski definition) is 2. The van der Waals surface area contributed by atoms with Gasteiger partial charge in [-0.15, -0.1) is 0 Å². The smallest absolute Gasteiger partial charge is 0.217 e. The van der Waals surface area contributed by atoms with Crippen LogP contribution in [-0.2, 0) is 11.2 Å². The topological polar surface area (TPSA) is 63.3 Å². The summed E-state index contributed by atoms with van der Waals surface area (Å²) in [6, 6.07) is 4.70. The maximum atomic E-state index is 10.5. The lowest BCUT2D eigenvalue weighted by molar-refractivity contribution is -0.117. The van der Waals surface area contributed by atoms with E-state index < -0.39 is 0 Å². The number of phenols is 1. The summed E-state index contributed by atoms with van der Waals surface area (Å²) in [5, 5.41) is 9.62. The van der Waals surface area contributed by atoms with Crippen LogP contribution in [0.3, 0.4) is 0 Å². The molecule has 0 spiro atoms. The van der Waals surface area contributed by atoms with Crippen LogP contribution in [0.15, 0.2) is 18.2 Å². The molecule has 0 aliphatic carbocycles. The molecular formula is C9H10ClNO2. The standard InChI is InChI=1S/C9H10ClNO2/c10-7-3-6(1-2-9(11)13)4-8(12)5-7/h3-5,12H,1-2H2,(H2,11,13). The summed E-state index contributed by atoms with van der Waals surface area (Å²) in [6.45, 7) is 0. The average Bonchev–Trinajstić information content (AvgIpc) is 1.99. The van der Waals surface area contributed by atoms with Gasteiger partial charge in [0.25, 0.3) is 0 Å². The molecule has 1 amide bonds. The Morgan fingerprint density at radius 1 is 1.46 bits per heavy atom. The lowest BCUT2D eigenvalue weighted by Crippen LogP contribution is -2.11. The van der Waals surface area contributed by atoms with E-state index in [0.717, 1.165) is 5.56 Å². The molecule has 3 nitrogen and oxygen atoms in total. The predicted octanol–water partition coefficient (Wildman–Crippen LogP) is 1.46. The Labute approximate surface area is 81.1 Å². The first-order valence-electron chi connectivity index (χ1n) is 3.84. The number of hydrogen-bond acceptors (Lipinski definition) is 2. The van der Waals surface area contributed by atoms with Crippen molar-refractivity contribution in [2.75, 3.05) is 0 Å². The van der Waals surface area contributed by atoms with Gasteiger partial charge in [0.15, 0.2) is 0 Å². The van der Waals surface area contributed by atoms with Crippen molar-refractivity contribution < 1.29 is 9.90 Å². The van der Waals surface area contributed by atoms with E-state index >= 15 is 0 Å². The number of benzene rings is 1. The largest absolute Gasteiger partial charge is 0.508 e. The van der Waals surface area contributed by atoms with Gasteiger partial charge < -0.3 is 10.8 Å². The first kappa shape index (κ1) is 9.86. The summed E-state index contributed by atoms with van der Waals surface area (Å²) in [7, 11) is 0. The van der Waals surface area contributed by atoms with Gasteiger partial charge in [-0.05, 0) is 30.2 Å². The van der Waals surface area contributed by atoms with Gasteiger partial charge in [0, 0.05) is 11.4 Å². The van der Waals surface area contributed by atoms with Gasteiger partial charge >= 0.3 is 0 Å². The predicted molar refractivity (Wildman–Crippen MR) is 50.6 cm³/mol. The van der Waals surface area contributed by atoms with Crippen molar-refractivity contribution in [2.45, 2.75) is 12.8 Å². The summed E-state index contributed by atoms with van der Waals surface area (Å²) in [6.07, 6.45) is 0.767. The van der Waals surface area contributed by atoms with Crippen molar-refractivity contribution in [1.29, 1.82) is 0 Å². The monoisotopic (exact) mass is 199 g/mol. The molecule has 0 saturated carbocycles. The van der Waals surface area contributed by atoms with Crippen molar-refractivity contribution in [3.8, 4) is 5.75 Å². The summed E-state index contributed by atoms with van der Waals surface area (Å²) in [5.74, 6) is -0.258. The SMILES string of the molecule is NC(=O)CCc1cc(O)cc(Cl)c1. The van der Waals surface area contributed by atoms with Crippen molar-refractivity contribution >= 4 is 17.5 Å². The van der Waals surface area contributed by atoms with Gasteiger partial charge in [-0.3, -0.25) is 4.79 Å². The average molecular weight is 200 g/mol. The highest BCUT2D eigenvalue weighted by Crippen LogP contribution is 2.20. The zero-order valence-electron chi connectivity index (χ0n) is 6.96. The number of rotatable bonds is 3. The van der Waals surface area contributed by atoms with Gasteiger partial charge in [0.1, 0.15) is 5.75 Å². The van der Waals surface area contributed by atoms with Crippen LogP contribution in [0.5, 0.6) is 5.75 Å². The van der Waals surface area contributed by atoms with E-state index in [1.807, 2.05) is 0 Å². The molecule has 0 heterocycles. The molecule has 4 heteroatoms. The summed E-state index contributed by atoms with van der Waals surface area (Å²) in [5.41, 5.74) is 5.79. The lowest BCUT2D eigenvalue weighted by atomic mass is 10.1. The number of carbonyl (C=O) groups excluding carboxylic acids is 1. The van der Waals surface area contributed by atoms with Gasteiger partial charge in [0.2, 0.25) is 5.91 Å². The van der Waals surface area contributed by atoms with Gasteiger partial charge in [0.05, 0.1) is 0 Å². The van der Waals surface area contributed by atoms with E-state index in [2.05, 4.69) is 0 Å². The zero-order valence-corrected chi connectivity index (χ0v) is 7.71. The molecule has 1 aromatic rings. The Balaban J connectivity index is 2.71. The highest BCUT2D eigenvalue weighted by molar-refractivity contribution is 6.30. The van der Waals surface area contributed by atoms with Crippen molar-refractivity contribution in [1.82, 2.24) is 0 Å². The Kier molecular flexibility index (Phi) is 3.14. The molecule has 0 radical (unpaired) electrons. The maximum absolute atomic E-state index is 10.5. The second-order valence-electron chi connectivity index (χ2n) is 2.78. The van der Waals surface area contributed by atoms with Crippen LogP contribution >= 0.6 is 11.6 Å².